The smallest absolute Gasteiger partial charge is 0.122 e. The number of methoxy groups -OCH3 is 1. The predicted molar refractivity (Wildman–Crippen MR) is 62.1 cm³/mol. The van der Waals surface area contributed by atoms with Crippen molar-refractivity contribution in [3.63, 3.8) is 0 Å². The van der Waals surface area contributed by atoms with Gasteiger partial charge in [0.1, 0.15) is 5.75 Å². The van der Waals surface area contributed by atoms with E-state index in [2.05, 4.69) is 34.8 Å². The molecule has 0 unspecified atom stereocenters. The van der Waals surface area contributed by atoms with Gasteiger partial charge in [-0.15, -0.1) is 0 Å². The van der Waals surface area contributed by atoms with Crippen LogP contribution in [-0.2, 0) is 6.42 Å². The highest BCUT2D eigenvalue weighted by molar-refractivity contribution is 9.09. The summed E-state index contributed by atoms with van der Waals surface area (Å²) in [5.74, 6) is 0.875. The van der Waals surface area contributed by atoms with Crippen LogP contribution in [0.2, 0.25) is 0 Å². The van der Waals surface area contributed by atoms with Gasteiger partial charge >= 0.3 is 0 Å². The van der Waals surface area contributed by atoms with Gasteiger partial charge in [-0.25, -0.2) is 0 Å². The minimum absolute atomic E-state index is 0.235. The molecular weight excluding hydrogens is 242 g/mol. The summed E-state index contributed by atoms with van der Waals surface area (Å²) in [6.07, 6.45) is 2.74. The Hall–Kier alpha value is -0.570. The molecule has 3 heteroatoms. The third-order valence-electron chi connectivity index (χ3n) is 2.05. The first-order chi connectivity index (χ1) is 6.57. The maximum Gasteiger partial charge on any atom is 0.122 e. The van der Waals surface area contributed by atoms with Crippen molar-refractivity contribution in [2.24, 2.45) is 5.41 Å². The Bertz CT molecular complexity index is 299. The molecule has 0 radical (unpaired) electrons. The zero-order valence-electron chi connectivity index (χ0n) is 8.88. The summed E-state index contributed by atoms with van der Waals surface area (Å²) >= 11 is 3.50. The topological polar surface area (TPSA) is 22.1 Å². The highest BCUT2D eigenvalue weighted by atomic mass is 79.9. The molecule has 1 rings (SSSR count). The molecule has 0 fully saturated rings. The highest BCUT2D eigenvalue weighted by Gasteiger charge is 2.17. The van der Waals surface area contributed by atoms with E-state index in [0.29, 0.717) is 0 Å². The standard InChI is InChI=1S/C11H16BrNO/c1-11(2,8-12)7-9-6-10(14-3)4-5-13-9/h4-6H,7-8H2,1-3H3. The largest absolute Gasteiger partial charge is 0.497 e. The summed E-state index contributed by atoms with van der Waals surface area (Å²) in [4.78, 5) is 4.32. The molecule has 0 atom stereocenters. The van der Waals surface area contributed by atoms with Gasteiger partial charge in [-0.2, -0.15) is 0 Å². The number of rotatable bonds is 4. The van der Waals surface area contributed by atoms with Crippen LogP contribution in [0.1, 0.15) is 19.5 Å². The molecule has 1 heterocycles. The Morgan fingerprint density at radius 3 is 2.79 bits per heavy atom. The van der Waals surface area contributed by atoms with Crippen LogP contribution in [0.15, 0.2) is 18.3 Å². The van der Waals surface area contributed by atoms with E-state index in [1.807, 2.05) is 12.1 Å². The first-order valence-electron chi connectivity index (χ1n) is 4.62. The molecule has 0 spiro atoms. The number of alkyl halides is 1. The van der Waals surface area contributed by atoms with Crippen LogP contribution >= 0.6 is 15.9 Å². The SMILES string of the molecule is COc1ccnc(CC(C)(C)CBr)c1. The van der Waals surface area contributed by atoms with E-state index < -0.39 is 0 Å². The van der Waals surface area contributed by atoms with Crippen LogP contribution in [0.4, 0.5) is 0 Å². The summed E-state index contributed by atoms with van der Waals surface area (Å²) < 4.78 is 5.15. The molecule has 0 bridgehead atoms. The Labute approximate surface area is 93.8 Å². The van der Waals surface area contributed by atoms with E-state index in [9.17, 15) is 0 Å². The molecule has 14 heavy (non-hydrogen) atoms. The average Bonchev–Trinajstić information content (AvgIpc) is 2.17. The quantitative estimate of drug-likeness (QED) is 0.774. The van der Waals surface area contributed by atoms with Gasteiger partial charge in [0.05, 0.1) is 7.11 Å². The lowest BCUT2D eigenvalue weighted by Crippen LogP contribution is -2.17. The monoisotopic (exact) mass is 257 g/mol. The third-order valence-corrected chi connectivity index (χ3v) is 3.56. The Morgan fingerprint density at radius 2 is 2.21 bits per heavy atom. The van der Waals surface area contributed by atoms with Gasteiger partial charge in [-0.05, 0) is 17.9 Å². The van der Waals surface area contributed by atoms with Crippen molar-refractivity contribution in [1.29, 1.82) is 0 Å². The normalized spacial score (nSPS) is 11.4. The summed E-state index contributed by atoms with van der Waals surface area (Å²) in [5.41, 5.74) is 1.31. The summed E-state index contributed by atoms with van der Waals surface area (Å²) in [5, 5.41) is 0.971. The van der Waals surface area contributed by atoms with Crippen LogP contribution in [0.3, 0.4) is 0 Å². The second-order valence-corrected chi connectivity index (χ2v) is 4.72. The molecule has 0 aliphatic carbocycles. The van der Waals surface area contributed by atoms with E-state index in [-0.39, 0.29) is 5.41 Å². The zero-order chi connectivity index (χ0) is 10.6. The maximum absolute atomic E-state index is 5.15. The molecule has 0 aliphatic heterocycles. The number of ether oxygens (including phenoxy) is 1. The lowest BCUT2D eigenvalue weighted by molar-refractivity contribution is 0.404. The number of aromatic nitrogens is 1. The number of pyridine rings is 1. The first kappa shape index (κ1) is 11.5. The maximum atomic E-state index is 5.15. The van der Waals surface area contributed by atoms with Gasteiger partial charge < -0.3 is 4.74 Å². The highest BCUT2D eigenvalue weighted by Crippen LogP contribution is 2.24. The third kappa shape index (κ3) is 3.29. The average molecular weight is 258 g/mol. The van der Waals surface area contributed by atoms with Crippen LogP contribution in [0.25, 0.3) is 0 Å². The minimum atomic E-state index is 0.235. The van der Waals surface area contributed by atoms with Crippen molar-refractivity contribution in [3.8, 4) is 5.75 Å². The molecule has 2 nitrogen and oxygen atoms in total. The molecule has 0 saturated heterocycles. The molecule has 0 N–H and O–H groups in total. The first-order valence-corrected chi connectivity index (χ1v) is 5.74. The molecule has 1 aromatic rings. The van der Waals surface area contributed by atoms with Gasteiger partial charge in [-0.3, -0.25) is 4.98 Å². The van der Waals surface area contributed by atoms with E-state index >= 15 is 0 Å². The molecule has 0 aromatic carbocycles. The molecule has 0 aliphatic rings. The lowest BCUT2D eigenvalue weighted by Gasteiger charge is -2.20. The van der Waals surface area contributed by atoms with Crippen molar-refractivity contribution < 1.29 is 4.74 Å². The molecule has 1 aromatic heterocycles. The van der Waals surface area contributed by atoms with Crippen molar-refractivity contribution in [2.45, 2.75) is 20.3 Å². The van der Waals surface area contributed by atoms with Crippen LogP contribution in [-0.4, -0.2) is 17.4 Å². The molecule has 0 amide bonds. The number of nitrogens with zero attached hydrogens (tertiary/aromatic N) is 1. The minimum Gasteiger partial charge on any atom is -0.497 e. The lowest BCUT2D eigenvalue weighted by atomic mass is 9.90. The van der Waals surface area contributed by atoms with E-state index in [1.54, 1.807) is 13.3 Å². The van der Waals surface area contributed by atoms with Crippen LogP contribution in [0.5, 0.6) is 5.75 Å². The molecular formula is C11H16BrNO. The van der Waals surface area contributed by atoms with E-state index in [0.717, 1.165) is 23.2 Å². The number of hydrogen-bond donors (Lipinski definition) is 0. The fourth-order valence-corrected chi connectivity index (χ4v) is 1.42. The fraction of sp³-hybridized carbons (Fsp3) is 0.545. The van der Waals surface area contributed by atoms with Gasteiger partial charge in [-0.1, -0.05) is 29.8 Å². The Morgan fingerprint density at radius 1 is 1.50 bits per heavy atom. The second kappa shape index (κ2) is 4.78. The van der Waals surface area contributed by atoms with Gasteiger partial charge in [0, 0.05) is 23.3 Å². The summed E-state index contributed by atoms with van der Waals surface area (Å²) in [7, 11) is 1.68. The van der Waals surface area contributed by atoms with Crippen molar-refractivity contribution >= 4 is 15.9 Å². The number of hydrogen-bond acceptors (Lipinski definition) is 2. The number of halogens is 1. The van der Waals surface area contributed by atoms with Crippen molar-refractivity contribution in [1.82, 2.24) is 4.98 Å². The van der Waals surface area contributed by atoms with Crippen LogP contribution in [0, 0.1) is 5.41 Å². The zero-order valence-corrected chi connectivity index (χ0v) is 10.5. The van der Waals surface area contributed by atoms with E-state index in [4.69, 9.17) is 4.74 Å². The van der Waals surface area contributed by atoms with Crippen LogP contribution < -0.4 is 4.74 Å². The molecule has 78 valence electrons. The van der Waals surface area contributed by atoms with Crippen molar-refractivity contribution in [3.05, 3.63) is 24.0 Å². The predicted octanol–water partition coefficient (Wildman–Crippen LogP) is 3.05. The van der Waals surface area contributed by atoms with E-state index in [1.165, 1.54) is 0 Å². The van der Waals surface area contributed by atoms with Gasteiger partial charge in [0.2, 0.25) is 0 Å². The second-order valence-electron chi connectivity index (χ2n) is 4.16. The Balaban J connectivity index is 2.76. The fourth-order valence-electron chi connectivity index (χ4n) is 1.22. The summed E-state index contributed by atoms with van der Waals surface area (Å²) in [6.45, 7) is 4.42. The van der Waals surface area contributed by atoms with Crippen molar-refractivity contribution in [2.75, 3.05) is 12.4 Å². The van der Waals surface area contributed by atoms with Gasteiger partial charge in [0.25, 0.3) is 0 Å². The molecule has 0 saturated carbocycles. The van der Waals surface area contributed by atoms with Gasteiger partial charge in [0.15, 0.2) is 0 Å². The summed E-state index contributed by atoms with van der Waals surface area (Å²) in [6, 6.07) is 3.86. The Kier molecular flexibility index (Phi) is 3.93.